The molecule has 2 N–H and O–H groups in total. The minimum atomic E-state index is -1.22. The Hall–Kier alpha value is -3.03. The van der Waals surface area contributed by atoms with Crippen LogP contribution >= 0.6 is 0 Å². The van der Waals surface area contributed by atoms with Gasteiger partial charge in [-0.3, -0.25) is 4.79 Å². The highest BCUT2D eigenvalue weighted by atomic mass is 19.1. The van der Waals surface area contributed by atoms with Gasteiger partial charge in [0.1, 0.15) is 23.8 Å². The summed E-state index contributed by atoms with van der Waals surface area (Å²) in [5.74, 6) is -4.12. The maximum atomic E-state index is 14.1. The quantitative estimate of drug-likeness (QED) is 0.900. The van der Waals surface area contributed by atoms with Gasteiger partial charge >= 0.3 is 0 Å². The number of amides is 1. The minimum Gasteiger partial charge on any atom is -0.484 e. The maximum absolute atomic E-state index is 14.1. The van der Waals surface area contributed by atoms with Gasteiger partial charge in [-0.05, 0) is 29.8 Å². The summed E-state index contributed by atoms with van der Waals surface area (Å²) in [6.07, 6.45) is -0.0182. The highest BCUT2D eigenvalue weighted by Crippen LogP contribution is 2.28. The summed E-state index contributed by atoms with van der Waals surface area (Å²) < 4.78 is 45.7. The van der Waals surface area contributed by atoms with E-state index in [1.165, 1.54) is 12.1 Å². The summed E-state index contributed by atoms with van der Waals surface area (Å²) in [5.41, 5.74) is 5.32. The third kappa shape index (κ3) is 3.57. The molecule has 0 aromatic heterocycles. The molecule has 3 rings (SSSR count). The van der Waals surface area contributed by atoms with Crippen molar-refractivity contribution in [2.75, 3.05) is 6.61 Å². The fraction of sp³-hybridized carbons (Fsp3) is 0.176. The van der Waals surface area contributed by atoms with Crippen LogP contribution < -0.4 is 10.5 Å². The lowest BCUT2D eigenvalue weighted by Crippen LogP contribution is -2.17. The zero-order valence-electron chi connectivity index (χ0n) is 12.8. The van der Waals surface area contributed by atoms with Crippen molar-refractivity contribution in [3.05, 3.63) is 65.0 Å². The summed E-state index contributed by atoms with van der Waals surface area (Å²) in [7, 11) is 0. The van der Waals surface area contributed by atoms with Crippen LogP contribution in [0.5, 0.6) is 5.75 Å². The minimum absolute atomic E-state index is 0.113. The Balaban J connectivity index is 1.64. The first-order chi connectivity index (χ1) is 12.0. The maximum Gasteiger partial charge on any atom is 0.254 e. The number of primary amides is 1. The molecule has 0 saturated carbocycles. The third-order valence-corrected chi connectivity index (χ3v) is 3.67. The Morgan fingerprint density at radius 2 is 1.92 bits per heavy atom. The number of nitrogens with two attached hydrogens (primary N) is 1. The van der Waals surface area contributed by atoms with E-state index < -0.39 is 29.2 Å². The summed E-state index contributed by atoms with van der Waals surface area (Å²) in [6, 6.07) is 7.74. The van der Waals surface area contributed by atoms with Crippen LogP contribution in [0.1, 0.15) is 28.4 Å². The number of rotatable bonds is 5. The topological polar surface area (TPSA) is 73.9 Å². The van der Waals surface area contributed by atoms with Crippen LogP contribution in [0, 0.1) is 17.5 Å². The van der Waals surface area contributed by atoms with Crippen molar-refractivity contribution in [3.8, 4) is 5.75 Å². The highest BCUT2D eigenvalue weighted by molar-refractivity contribution is 5.94. The van der Waals surface area contributed by atoms with E-state index in [-0.39, 0.29) is 18.2 Å². The molecule has 1 aliphatic rings. The molecule has 2 aromatic carbocycles. The Bertz CT molecular complexity index is 838. The number of hydrogen-bond donors (Lipinski definition) is 1. The average molecular weight is 350 g/mol. The lowest BCUT2D eigenvalue weighted by molar-refractivity contribution is 0.0856. The SMILES string of the molecule is NC(=O)c1c(F)ccc(OCC2=NOC(c3ccc(F)cc3)C2)c1F. The summed E-state index contributed by atoms with van der Waals surface area (Å²) >= 11 is 0. The van der Waals surface area contributed by atoms with Crippen molar-refractivity contribution in [2.45, 2.75) is 12.5 Å². The molecule has 1 amide bonds. The molecule has 2 aromatic rings. The second kappa shape index (κ2) is 6.84. The zero-order valence-corrected chi connectivity index (χ0v) is 12.8. The Morgan fingerprint density at radius 3 is 2.60 bits per heavy atom. The fourth-order valence-corrected chi connectivity index (χ4v) is 2.40. The van der Waals surface area contributed by atoms with Crippen molar-refractivity contribution in [1.29, 1.82) is 0 Å². The standard InChI is InChI=1S/C17H13F3N2O3/c18-10-3-1-9(2-4-10)14-7-11(22-25-14)8-24-13-6-5-12(19)15(16(13)20)17(21)23/h1-6,14H,7-8H2,(H2,21,23). The van der Waals surface area contributed by atoms with Crippen molar-refractivity contribution in [1.82, 2.24) is 0 Å². The largest absolute Gasteiger partial charge is 0.484 e. The molecule has 5 nitrogen and oxygen atoms in total. The van der Waals surface area contributed by atoms with Crippen LogP contribution in [0.25, 0.3) is 0 Å². The van der Waals surface area contributed by atoms with Gasteiger partial charge in [-0.2, -0.15) is 0 Å². The Kier molecular flexibility index (Phi) is 4.60. The molecule has 1 aliphatic heterocycles. The number of ether oxygens (including phenoxy) is 1. The molecule has 25 heavy (non-hydrogen) atoms. The molecule has 0 radical (unpaired) electrons. The van der Waals surface area contributed by atoms with E-state index >= 15 is 0 Å². The molecule has 0 spiro atoms. The van der Waals surface area contributed by atoms with E-state index in [4.69, 9.17) is 15.3 Å². The van der Waals surface area contributed by atoms with E-state index in [1.807, 2.05) is 0 Å². The van der Waals surface area contributed by atoms with Crippen molar-refractivity contribution in [3.63, 3.8) is 0 Å². The van der Waals surface area contributed by atoms with Crippen LogP contribution in [-0.4, -0.2) is 18.2 Å². The molecule has 1 unspecified atom stereocenters. The number of oxime groups is 1. The molecule has 0 aliphatic carbocycles. The summed E-state index contributed by atoms with van der Waals surface area (Å²) in [4.78, 5) is 16.3. The molecule has 1 atom stereocenters. The van der Waals surface area contributed by atoms with Crippen LogP contribution in [0.2, 0.25) is 0 Å². The van der Waals surface area contributed by atoms with E-state index in [0.29, 0.717) is 12.1 Å². The first kappa shape index (κ1) is 16.8. The van der Waals surface area contributed by atoms with Gasteiger partial charge in [-0.25, -0.2) is 13.2 Å². The van der Waals surface area contributed by atoms with Gasteiger partial charge in [-0.15, -0.1) is 0 Å². The van der Waals surface area contributed by atoms with Gasteiger partial charge in [0, 0.05) is 6.42 Å². The van der Waals surface area contributed by atoms with E-state index in [0.717, 1.165) is 17.7 Å². The molecule has 130 valence electrons. The van der Waals surface area contributed by atoms with Gasteiger partial charge in [-0.1, -0.05) is 17.3 Å². The van der Waals surface area contributed by atoms with Crippen LogP contribution in [-0.2, 0) is 4.84 Å². The van der Waals surface area contributed by atoms with E-state index in [1.54, 1.807) is 12.1 Å². The molecular formula is C17H13F3N2O3. The predicted octanol–water partition coefficient (Wildman–Crippen LogP) is 3.10. The van der Waals surface area contributed by atoms with Gasteiger partial charge in [0.05, 0.1) is 5.71 Å². The van der Waals surface area contributed by atoms with Crippen molar-refractivity contribution >= 4 is 11.6 Å². The number of hydrogen-bond acceptors (Lipinski definition) is 4. The van der Waals surface area contributed by atoms with Crippen LogP contribution in [0.15, 0.2) is 41.6 Å². The monoisotopic (exact) mass is 350 g/mol. The predicted molar refractivity (Wildman–Crippen MR) is 82.6 cm³/mol. The molecule has 0 saturated heterocycles. The molecular weight excluding hydrogens is 337 g/mol. The number of carbonyl (C=O) groups excluding carboxylic acids is 1. The van der Waals surface area contributed by atoms with Gasteiger partial charge in [0.15, 0.2) is 17.7 Å². The Morgan fingerprint density at radius 1 is 1.20 bits per heavy atom. The lowest BCUT2D eigenvalue weighted by Gasteiger charge is -2.10. The first-order valence-corrected chi connectivity index (χ1v) is 7.33. The Labute approximate surface area is 140 Å². The lowest BCUT2D eigenvalue weighted by atomic mass is 10.0. The number of carbonyl (C=O) groups is 1. The molecule has 1 heterocycles. The summed E-state index contributed by atoms with van der Waals surface area (Å²) in [6.45, 7) is -0.113. The second-order valence-corrected chi connectivity index (χ2v) is 5.39. The smallest absolute Gasteiger partial charge is 0.254 e. The fourth-order valence-electron chi connectivity index (χ4n) is 2.40. The van der Waals surface area contributed by atoms with E-state index in [2.05, 4.69) is 5.16 Å². The van der Waals surface area contributed by atoms with Crippen molar-refractivity contribution in [2.24, 2.45) is 10.9 Å². The summed E-state index contributed by atoms with van der Waals surface area (Å²) in [5, 5.41) is 3.85. The highest BCUT2D eigenvalue weighted by Gasteiger charge is 2.24. The normalized spacial score (nSPS) is 16.3. The van der Waals surface area contributed by atoms with E-state index in [9.17, 15) is 18.0 Å². The first-order valence-electron chi connectivity index (χ1n) is 7.33. The number of nitrogens with zero attached hydrogens (tertiary/aromatic N) is 1. The number of benzene rings is 2. The van der Waals surface area contributed by atoms with Crippen molar-refractivity contribution < 1.29 is 27.5 Å². The number of halogens is 3. The molecule has 0 bridgehead atoms. The van der Waals surface area contributed by atoms with Crippen LogP contribution in [0.4, 0.5) is 13.2 Å². The van der Waals surface area contributed by atoms with Gasteiger partial charge in [0.2, 0.25) is 0 Å². The van der Waals surface area contributed by atoms with Gasteiger partial charge < -0.3 is 15.3 Å². The van der Waals surface area contributed by atoms with Crippen LogP contribution in [0.3, 0.4) is 0 Å². The van der Waals surface area contributed by atoms with Gasteiger partial charge in [0.25, 0.3) is 5.91 Å². The average Bonchev–Trinajstić information content (AvgIpc) is 3.03. The second-order valence-electron chi connectivity index (χ2n) is 5.39. The zero-order chi connectivity index (χ0) is 18.0. The third-order valence-electron chi connectivity index (χ3n) is 3.67. The molecule has 8 heteroatoms. The molecule has 0 fully saturated rings.